The van der Waals surface area contributed by atoms with Crippen molar-refractivity contribution in [1.82, 2.24) is 0 Å². The number of phenols is 2. The van der Waals surface area contributed by atoms with Crippen molar-refractivity contribution in [2.45, 2.75) is 117 Å². The number of ether oxygens (including phenoxy) is 1. The molecule has 3 heteroatoms. The van der Waals surface area contributed by atoms with E-state index in [0.29, 0.717) is 31.1 Å². The van der Waals surface area contributed by atoms with E-state index in [1.165, 1.54) is 29.5 Å². The first-order chi connectivity index (χ1) is 22.4. The SMILES string of the molecule is C=C/C=C(\C=C)COCCCc1cc(Cc2cc(CCCCCc3ccccc3)cc(C(C)(C)CC)c2O)c(O)c(C(C)(C)CC)c1. The first kappa shape index (κ1) is 37.9. The van der Waals surface area contributed by atoms with Crippen LogP contribution < -0.4 is 0 Å². The zero-order valence-corrected chi connectivity index (χ0v) is 30.1. The third-order valence-electron chi connectivity index (χ3n) is 9.99. The topological polar surface area (TPSA) is 49.7 Å². The van der Waals surface area contributed by atoms with E-state index < -0.39 is 0 Å². The Labute approximate surface area is 286 Å². The molecule has 0 unspecified atom stereocenters. The standard InChI is InChI=1S/C44H60O3/c1-9-20-33(10-2)32-47-26-19-25-36-28-38(42(46)40(30-36)44(7,8)12-4)31-37-27-35(29-39(41(37)45)43(5,6)11-3)24-18-14-17-23-34-21-15-13-16-22-34/h9-10,13,15-16,20-22,27-30,45-46H,1-2,11-12,14,17-19,23-26,31-32H2,3-8H3/b33-20+. The fourth-order valence-electron chi connectivity index (χ4n) is 6.07. The molecule has 3 aromatic carbocycles. The van der Waals surface area contributed by atoms with Crippen molar-refractivity contribution in [2.24, 2.45) is 0 Å². The molecule has 0 aliphatic heterocycles. The normalized spacial score (nSPS) is 12.3. The molecule has 3 aromatic rings. The second kappa shape index (κ2) is 18.1. The van der Waals surface area contributed by atoms with Crippen molar-refractivity contribution >= 4 is 0 Å². The highest BCUT2D eigenvalue weighted by Gasteiger charge is 2.27. The summed E-state index contributed by atoms with van der Waals surface area (Å²) in [6.07, 6.45) is 15.0. The minimum atomic E-state index is -0.182. The van der Waals surface area contributed by atoms with Gasteiger partial charge in [-0.3, -0.25) is 0 Å². The minimum Gasteiger partial charge on any atom is -0.507 e. The van der Waals surface area contributed by atoms with Crippen molar-refractivity contribution in [3.05, 3.63) is 131 Å². The zero-order chi connectivity index (χ0) is 34.5. The third-order valence-corrected chi connectivity index (χ3v) is 9.99. The molecule has 0 spiro atoms. The summed E-state index contributed by atoms with van der Waals surface area (Å²) < 4.78 is 5.91. The highest BCUT2D eigenvalue weighted by Crippen LogP contribution is 2.41. The zero-order valence-electron chi connectivity index (χ0n) is 30.1. The van der Waals surface area contributed by atoms with Gasteiger partial charge in [0.1, 0.15) is 11.5 Å². The Morgan fingerprint density at radius 3 is 1.70 bits per heavy atom. The number of rotatable bonds is 20. The Bertz CT molecular complexity index is 1480. The Hall–Kier alpha value is -3.56. The molecule has 2 N–H and O–H groups in total. The lowest BCUT2D eigenvalue weighted by atomic mass is 9.77. The van der Waals surface area contributed by atoms with Gasteiger partial charge in [-0.05, 0) is 95.6 Å². The number of phenolic OH excluding ortho intramolecular Hbond substituents is 2. The summed E-state index contributed by atoms with van der Waals surface area (Å²) in [6, 6.07) is 19.4. The van der Waals surface area contributed by atoms with Gasteiger partial charge in [0.25, 0.3) is 0 Å². The van der Waals surface area contributed by atoms with E-state index in [-0.39, 0.29) is 10.8 Å². The summed E-state index contributed by atoms with van der Waals surface area (Å²) in [7, 11) is 0. The van der Waals surface area contributed by atoms with Gasteiger partial charge in [0.2, 0.25) is 0 Å². The average molecular weight is 637 g/mol. The summed E-state index contributed by atoms with van der Waals surface area (Å²) >= 11 is 0. The molecule has 3 rings (SSSR count). The number of hydrogen-bond donors (Lipinski definition) is 2. The Morgan fingerprint density at radius 2 is 1.21 bits per heavy atom. The summed E-state index contributed by atoms with van der Waals surface area (Å²) in [5.74, 6) is 0.717. The van der Waals surface area contributed by atoms with E-state index in [1.807, 2.05) is 6.08 Å². The quantitative estimate of drug-likeness (QED) is 0.0958. The number of unbranched alkanes of at least 4 members (excludes halogenated alkanes) is 2. The van der Waals surface area contributed by atoms with E-state index in [0.717, 1.165) is 72.8 Å². The fraction of sp³-hybridized carbons (Fsp3) is 0.455. The molecule has 3 nitrogen and oxygen atoms in total. The smallest absolute Gasteiger partial charge is 0.122 e. The summed E-state index contributed by atoms with van der Waals surface area (Å²) in [5, 5.41) is 23.4. The predicted molar refractivity (Wildman–Crippen MR) is 201 cm³/mol. The van der Waals surface area contributed by atoms with Crippen molar-refractivity contribution in [3.63, 3.8) is 0 Å². The van der Waals surface area contributed by atoms with Gasteiger partial charge in [-0.15, -0.1) is 0 Å². The molecule has 0 saturated heterocycles. The van der Waals surface area contributed by atoms with E-state index in [4.69, 9.17) is 4.74 Å². The highest BCUT2D eigenvalue weighted by molar-refractivity contribution is 5.53. The number of allylic oxidation sites excluding steroid dienone is 2. The van der Waals surface area contributed by atoms with Crippen LogP contribution >= 0.6 is 0 Å². The van der Waals surface area contributed by atoms with Crippen molar-refractivity contribution in [3.8, 4) is 11.5 Å². The van der Waals surface area contributed by atoms with Gasteiger partial charge in [-0.25, -0.2) is 0 Å². The van der Waals surface area contributed by atoms with Gasteiger partial charge in [-0.1, -0.05) is 134 Å². The number of benzene rings is 3. The van der Waals surface area contributed by atoms with Crippen molar-refractivity contribution < 1.29 is 14.9 Å². The Morgan fingerprint density at radius 1 is 0.702 bits per heavy atom. The maximum atomic E-state index is 11.7. The van der Waals surface area contributed by atoms with Crippen LogP contribution in [-0.4, -0.2) is 23.4 Å². The van der Waals surface area contributed by atoms with Gasteiger partial charge in [0, 0.05) is 24.2 Å². The molecule has 0 aromatic heterocycles. The molecule has 0 radical (unpaired) electrons. The lowest BCUT2D eigenvalue weighted by Gasteiger charge is -2.28. The second-order valence-corrected chi connectivity index (χ2v) is 14.3. The van der Waals surface area contributed by atoms with Crippen molar-refractivity contribution in [1.29, 1.82) is 0 Å². The monoisotopic (exact) mass is 636 g/mol. The van der Waals surface area contributed by atoms with Gasteiger partial charge < -0.3 is 14.9 Å². The molecular weight excluding hydrogens is 576 g/mol. The molecule has 0 aliphatic rings. The summed E-state index contributed by atoms with van der Waals surface area (Å²) in [5.41, 5.74) is 8.26. The first-order valence-electron chi connectivity index (χ1n) is 17.7. The molecule has 254 valence electrons. The second-order valence-electron chi connectivity index (χ2n) is 14.3. The molecule has 0 atom stereocenters. The lowest BCUT2D eigenvalue weighted by Crippen LogP contribution is -2.18. The third kappa shape index (κ3) is 11.0. The summed E-state index contributed by atoms with van der Waals surface area (Å²) in [4.78, 5) is 0. The van der Waals surface area contributed by atoms with E-state index in [9.17, 15) is 10.2 Å². The lowest BCUT2D eigenvalue weighted by molar-refractivity contribution is 0.155. The van der Waals surface area contributed by atoms with Crippen LogP contribution in [0.5, 0.6) is 11.5 Å². The van der Waals surface area contributed by atoms with E-state index in [1.54, 1.807) is 12.2 Å². The number of aromatic hydroxyl groups is 2. The van der Waals surface area contributed by atoms with Crippen LogP contribution in [-0.2, 0) is 41.3 Å². The van der Waals surface area contributed by atoms with Crippen LogP contribution in [0.15, 0.2) is 91.6 Å². The van der Waals surface area contributed by atoms with Gasteiger partial charge in [0.15, 0.2) is 0 Å². The first-order valence-corrected chi connectivity index (χ1v) is 17.7. The fourth-order valence-corrected chi connectivity index (χ4v) is 6.07. The maximum absolute atomic E-state index is 11.7. The number of hydrogen-bond acceptors (Lipinski definition) is 3. The molecular formula is C44H60O3. The molecule has 0 saturated carbocycles. The summed E-state index contributed by atoms with van der Waals surface area (Å²) in [6.45, 7) is 21.9. The molecule has 0 bridgehead atoms. The van der Waals surface area contributed by atoms with Crippen LogP contribution in [0.1, 0.15) is 119 Å². The van der Waals surface area contributed by atoms with Crippen LogP contribution in [0.2, 0.25) is 0 Å². The predicted octanol–water partition coefficient (Wildman–Crippen LogP) is 11.3. The van der Waals surface area contributed by atoms with Crippen LogP contribution in [0.4, 0.5) is 0 Å². The Kier molecular flexibility index (Phi) is 14.6. The molecule has 0 amide bonds. The molecule has 0 fully saturated rings. The molecule has 0 heterocycles. The largest absolute Gasteiger partial charge is 0.507 e. The van der Waals surface area contributed by atoms with Gasteiger partial charge in [-0.2, -0.15) is 0 Å². The van der Waals surface area contributed by atoms with Crippen LogP contribution in [0.25, 0.3) is 0 Å². The average Bonchev–Trinajstić information content (AvgIpc) is 3.06. The number of aryl methyl sites for hydroxylation is 3. The van der Waals surface area contributed by atoms with Crippen LogP contribution in [0, 0.1) is 0 Å². The molecule has 0 aliphatic carbocycles. The Balaban J connectivity index is 1.86. The van der Waals surface area contributed by atoms with Crippen molar-refractivity contribution in [2.75, 3.05) is 13.2 Å². The highest BCUT2D eigenvalue weighted by atomic mass is 16.5. The van der Waals surface area contributed by atoms with Crippen LogP contribution in [0.3, 0.4) is 0 Å². The van der Waals surface area contributed by atoms with E-state index in [2.05, 4.69) is 109 Å². The van der Waals surface area contributed by atoms with Gasteiger partial charge >= 0.3 is 0 Å². The minimum absolute atomic E-state index is 0.159. The maximum Gasteiger partial charge on any atom is 0.122 e. The molecule has 47 heavy (non-hydrogen) atoms. The van der Waals surface area contributed by atoms with E-state index >= 15 is 0 Å². The van der Waals surface area contributed by atoms with Gasteiger partial charge in [0.05, 0.1) is 6.61 Å².